The molecule has 0 aliphatic carbocycles. The number of benzene rings is 1. The number of nitriles is 1. The molecular weight excluding hydrogens is 344 g/mol. The van der Waals surface area contributed by atoms with Gasteiger partial charge in [0.25, 0.3) is 0 Å². The first-order valence-corrected chi connectivity index (χ1v) is 9.94. The van der Waals surface area contributed by atoms with E-state index in [1.165, 1.54) is 4.90 Å². The highest BCUT2D eigenvalue weighted by Crippen LogP contribution is 2.17. The van der Waals surface area contributed by atoms with Crippen LogP contribution in [0.3, 0.4) is 0 Å². The lowest BCUT2D eigenvalue weighted by atomic mass is 10.1. The maximum atomic E-state index is 12.1. The zero-order valence-electron chi connectivity index (χ0n) is 15.5. The van der Waals surface area contributed by atoms with E-state index in [9.17, 15) is 4.79 Å². The van der Waals surface area contributed by atoms with Crippen LogP contribution in [-0.4, -0.2) is 28.0 Å². The van der Waals surface area contributed by atoms with E-state index in [-0.39, 0.29) is 5.91 Å². The van der Waals surface area contributed by atoms with Crippen molar-refractivity contribution in [1.29, 1.82) is 5.26 Å². The van der Waals surface area contributed by atoms with E-state index >= 15 is 0 Å². The van der Waals surface area contributed by atoms with E-state index in [1.54, 1.807) is 0 Å². The molecule has 0 fully saturated rings. The molecule has 1 amide bonds. The van der Waals surface area contributed by atoms with Crippen molar-refractivity contribution >= 4 is 17.7 Å². The maximum absolute atomic E-state index is 12.1. The second-order valence-corrected chi connectivity index (χ2v) is 7.31. The fourth-order valence-corrected chi connectivity index (χ4v) is 3.68. The lowest BCUT2D eigenvalue weighted by molar-refractivity contribution is -0.121. The fourth-order valence-electron chi connectivity index (χ4n) is 2.80. The van der Waals surface area contributed by atoms with Gasteiger partial charge in [0.1, 0.15) is 0 Å². The molecule has 0 spiro atoms. The first-order valence-electron chi connectivity index (χ1n) is 8.96. The Labute approximate surface area is 159 Å². The van der Waals surface area contributed by atoms with Crippen LogP contribution in [0.25, 0.3) is 0 Å². The van der Waals surface area contributed by atoms with Crippen molar-refractivity contribution in [2.75, 3.05) is 12.3 Å². The molecule has 26 heavy (non-hydrogen) atoms. The summed E-state index contributed by atoms with van der Waals surface area (Å²) < 4.78 is 1.87. The van der Waals surface area contributed by atoms with E-state index in [0.29, 0.717) is 32.4 Å². The van der Waals surface area contributed by atoms with E-state index in [1.807, 2.05) is 48.5 Å². The number of thioether (sulfide) groups is 1. The van der Waals surface area contributed by atoms with Crippen molar-refractivity contribution in [1.82, 2.24) is 15.1 Å². The molecule has 0 bridgehead atoms. The van der Waals surface area contributed by atoms with E-state index in [0.717, 1.165) is 29.1 Å². The molecule has 0 radical (unpaired) electrons. The third-order valence-corrected chi connectivity index (χ3v) is 5.32. The Bertz CT molecular complexity index is 749. The summed E-state index contributed by atoms with van der Waals surface area (Å²) >= 11 is 1.81. The van der Waals surface area contributed by atoms with Crippen molar-refractivity contribution in [3.8, 4) is 6.07 Å². The third kappa shape index (κ3) is 6.23. The first kappa shape index (κ1) is 20.1. The van der Waals surface area contributed by atoms with Gasteiger partial charge in [0, 0.05) is 23.6 Å². The number of hydrogen-bond acceptors (Lipinski definition) is 4. The summed E-state index contributed by atoms with van der Waals surface area (Å²) in [4.78, 5) is 13.3. The summed E-state index contributed by atoms with van der Waals surface area (Å²) in [5, 5.41) is 16.2. The lowest BCUT2D eigenvalue weighted by Gasteiger charge is -2.06. The summed E-state index contributed by atoms with van der Waals surface area (Å²) in [6.45, 7) is 5.28. The van der Waals surface area contributed by atoms with Gasteiger partial charge in [0.05, 0.1) is 24.7 Å². The molecule has 0 aliphatic heterocycles. The highest BCUT2D eigenvalue weighted by molar-refractivity contribution is 7.99. The van der Waals surface area contributed by atoms with E-state index in [4.69, 9.17) is 5.26 Å². The normalized spacial score (nSPS) is 10.5. The van der Waals surface area contributed by atoms with Gasteiger partial charge in [-0.3, -0.25) is 9.48 Å². The van der Waals surface area contributed by atoms with Gasteiger partial charge in [0.15, 0.2) is 0 Å². The summed E-state index contributed by atoms with van der Waals surface area (Å²) in [6.07, 6.45) is 2.56. The Hall–Kier alpha value is -2.26. The number of rotatable bonds is 10. The van der Waals surface area contributed by atoms with Crippen molar-refractivity contribution in [3.63, 3.8) is 0 Å². The van der Waals surface area contributed by atoms with Crippen LogP contribution in [0.2, 0.25) is 0 Å². The third-order valence-electron chi connectivity index (χ3n) is 4.22. The van der Waals surface area contributed by atoms with Crippen molar-refractivity contribution in [3.05, 3.63) is 47.3 Å². The minimum Gasteiger partial charge on any atom is -0.356 e. The average Bonchev–Trinajstić information content (AvgIpc) is 2.92. The average molecular weight is 371 g/mol. The van der Waals surface area contributed by atoms with E-state index in [2.05, 4.69) is 28.6 Å². The van der Waals surface area contributed by atoms with Crippen LogP contribution in [0.5, 0.6) is 0 Å². The van der Waals surface area contributed by atoms with Gasteiger partial charge in [-0.05, 0) is 50.1 Å². The molecular formula is C20H26N4OS. The summed E-state index contributed by atoms with van der Waals surface area (Å²) in [5.41, 5.74) is 3.13. The van der Waals surface area contributed by atoms with Gasteiger partial charge in [-0.2, -0.15) is 10.4 Å². The number of aryl methyl sites for hydroxylation is 2. The van der Waals surface area contributed by atoms with Gasteiger partial charge in [-0.15, -0.1) is 11.8 Å². The summed E-state index contributed by atoms with van der Waals surface area (Å²) in [7, 11) is 0. The van der Waals surface area contributed by atoms with Gasteiger partial charge >= 0.3 is 0 Å². The van der Waals surface area contributed by atoms with Crippen molar-refractivity contribution < 1.29 is 4.79 Å². The standard InChI is InChI=1S/C20H26N4OS/c1-16-19(17(2)24(23-16)14-6-12-21)10-11-20(25)22-13-7-15-26-18-8-4-3-5-9-18/h3-5,8-9H,6-7,10-11,13-15H2,1-2H3,(H,22,25). The molecule has 1 heterocycles. The summed E-state index contributed by atoms with van der Waals surface area (Å²) in [5.74, 6) is 1.08. The molecule has 1 aromatic carbocycles. The predicted octanol–water partition coefficient (Wildman–Crippen LogP) is 3.64. The highest BCUT2D eigenvalue weighted by Gasteiger charge is 2.12. The zero-order chi connectivity index (χ0) is 18.8. The molecule has 1 aromatic heterocycles. The van der Waals surface area contributed by atoms with Crippen LogP contribution in [0, 0.1) is 25.2 Å². The Morgan fingerprint density at radius 3 is 2.81 bits per heavy atom. The van der Waals surface area contributed by atoms with Gasteiger partial charge in [-0.1, -0.05) is 18.2 Å². The molecule has 1 N–H and O–H groups in total. The zero-order valence-corrected chi connectivity index (χ0v) is 16.3. The SMILES string of the molecule is Cc1nn(CCC#N)c(C)c1CCC(=O)NCCCSc1ccccc1. The molecule has 0 atom stereocenters. The second-order valence-electron chi connectivity index (χ2n) is 6.15. The molecule has 0 aliphatic rings. The minimum atomic E-state index is 0.0817. The van der Waals surface area contributed by atoms with Crippen molar-refractivity contribution in [2.45, 2.75) is 51.0 Å². The van der Waals surface area contributed by atoms with E-state index < -0.39 is 0 Å². The smallest absolute Gasteiger partial charge is 0.220 e. The highest BCUT2D eigenvalue weighted by atomic mass is 32.2. The topological polar surface area (TPSA) is 70.7 Å². The van der Waals surface area contributed by atoms with Gasteiger partial charge < -0.3 is 5.32 Å². The van der Waals surface area contributed by atoms with Gasteiger partial charge in [0.2, 0.25) is 5.91 Å². The molecule has 0 saturated carbocycles. The molecule has 6 heteroatoms. The number of carbonyl (C=O) groups excluding carboxylic acids is 1. The Kier molecular flexibility index (Phi) is 8.23. The number of hydrogen-bond donors (Lipinski definition) is 1. The number of aromatic nitrogens is 2. The minimum absolute atomic E-state index is 0.0817. The Morgan fingerprint density at radius 2 is 2.08 bits per heavy atom. The van der Waals surface area contributed by atoms with Crippen LogP contribution in [0.4, 0.5) is 0 Å². The molecule has 138 valence electrons. The molecule has 5 nitrogen and oxygen atoms in total. The van der Waals surface area contributed by atoms with Crippen LogP contribution < -0.4 is 5.32 Å². The first-order chi connectivity index (χ1) is 12.6. The second kappa shape index (κ2) is 10.7. The molecule has 2 rings (SSSR count). The predicted molar refractivity (Wildman–Crippen MR) is 105 cm³/mol. The monoisotopic (exact) mass is 370 g/mol. The molecule has 2 aromatic rings. The van der Waals surface area contributed by atoms with Crippen LogP contribution >= 0.6 is 11.8 Å². The van der Waals surface area contributed by atoms with Crippen LogP contribution in [-0.2, 0) is 17.8 Å². The van der Waals surface area contributed by atoms with Crippen LogP contribution in [0.1, 0.15) is 36.2 Å². The fraction of sp³-hybridized carbons (Fsp3) is 0.450. The molecule has 0 saturated heterocycles. The van der Waals surface area contributed by atoms with Crippen LogP contribution in [0.15, 0.2) is 35.2 Å². The van der Waals surface area contributed by atoms with Gasteiger partial charge in [-0.25, -0.2) is 0 Å². The Balaban J connectivity index is 1.67. The number of carbonyl (C=O) groups is 1. The van der Waals surface area contributed by atoms with Crippen molar-refractivity contribution in [2.24, 2.45) is 0 Å². The number of nitrogens with zero attached hydrogens (tertiary/aromatic N) is 3. The number of amides is 1. The number of nitrogens with one attached hydrogen (secondary N) is 1. The quantitative estimate of drug-likeness (QED) is 0.512. The largest absolute Gasteiger partial charge is 0.356 e. The lowest BCUT2D eigenvalue weighted by Crippen LogP contribution is -2.25. The maximum Gasteiger partial charge on any atom is 0.220 e. The summed E-state index contributed by atoms with van der Waals surface area (Å²) in [6, 6.07) is 12.4. The Morgan fingerprint density at radius 1 is 1.31 bits per heavy atom. The molecule has 0 unspecified atom stereocenters.